The maximum atomic E-state index is 13.0. The van der Waals surface area contributed by atoms with Gasteiger partial charge in [-0.3, -0.25) is 14.7 Å². The number of hydrogen-bond donors (Lipinski definition) is 1. The normalized spacial score (nSPS) is 19.2. The third-order valence-corrected chi connectivity index (χ3v) is 6.63. The second-order valence-corrected chi connectivity index (χ2v) is 8.78. The maximum absolute atomic E-state index is 13.0. The Morgan fingerprint density at radius 3 is 2.44 bits per heavy atom. The van der Waals surface area contributed by atoms with Gasteiger partial charge in [0.05, 0.1) is 44.3 Å². The van der Waals surface area contributed by atoms with Gasteiger partial charge in [0.15, 0.2) is 11.5 Å². The fourth-order valence-electron chi connectivity index (χ4n) is 4.79. The summed E-state index contributed by atoms with van der Waals surface area (Å²) in [5.41, 5.74) is 8.84. The van der Waals surface area contributed by atoms with Crippen LogP contribution in [0.1, 0.15) is 31.4 Å². The van der Waals surface area contributed by atoms with E-state index < -0.39 is 0 Å². The number of piperidine rings is 1. The molecular weight excluding hydrogens is 408 g/mol. The van der Waals surface area contributed by atoms with Crippen molar-refractivity contribution in [2.24, 2.45) is 5.92 Å². The summed E-state index contributed by atoms with van der Waals surface area (Å²) >= 11 is 0. The summed E-state index contributed by atoms with van der Waals surface area (Å²) in [5, 5.41) is 0.924. The number of likely N-dealkylation sites (tertiary alicyclic amines) is 1. The van der Waals surface area contributed by atoms with Crippen molar-refractivity contribution in [1.82, 2.24) is 14.8 Å². The average molecular weight is 443 g/mol. The molecule has 3 heterocycles. The summed E-state index contributed by atoms with van der Waals surface area (Å²) < 4.78 is 16.2. The number of carbonyl (C=O) groups excluding carboxylic acids is 1. The van der Waals surface area contributed by atoms with Crippen LogP contribution in [0.4, 0.5) is 5.69 Å². The Morgan fingerprint density at radius 2 is 1.78 bits per heavy atom. The highest BCUT2D eigenvalue weighted by atomic mass is 16.5. The molecule has 2 aliphatic rings. The molecule has 2 aliphatic heterocycles. The summed E-state index contributed by atoms with van der Waals surface area (Å²) in [5.74, 6) is 1.79. The minimum atomic E-state index is -0.00374. The zero-order valence-electron chi connectivity index (χ0n) is 19.3. The zero-order chi connectivity index (χ0) is 22.7. The predicted molar refractivity (Wildman–Crippen MR) is 124 cm³/mol. The molecule has 1 aromatic heterocycles. The highest BCUT2D eigenvalue weighted by Crippen LogP contribution is 2.36. The van der Waals surface area contributed by atoms with Crippen LogP contribution in [0.3, 0.4) is 0 Å². The number of morpholine rings is 1. The standard InChI is InChI=1S/C24H34N4O4/c1-16(15-27-8-10-32-11-9-27)24(29)28-6-4-17(5-7-28)23-19(25)12-18-13-21(30-2)22(31-3)14-20(18)26-23/h12-14,16-17H,4-11,15,25H2,1-3H3. The first-order valence-electron chi connectivity index (χ1n) is 11.4. The lowest BCUT2D eigenvalue weighted by Gasteiger charge is -2.35. The monoisotopic (exact) mass is 442 g/mol. The van der Waals surface area contributed by atoms with Gasteiger partial charge in [0.2, 0.25) is 5.91 Å². The summed E-state index contributed by atoms with van der Waals surface area (Å²) in [6, 6.07) is 5.75. The Bertz CT molecular complexity index is 953. The summed E-state index contributed by atoms with van der Waals surface area (Å²) in [6.45, 7) is 7.63. The Morgan fingerprint density at radius 1 is 1.12 bits per heavy atom. The summed E-state index contributed by atoms with van der Waals surface area (Å²) in [4.78, 5) is 22.2. The molecule has 32 heavy (non-hydrogen) atoms. The molecule has 0 aliphatic carbocycles. The molecule has 2 N–H and O–H groups in total. The molecule has 1 aromatic carbocycles. The van der Waals surface area contributed by atoms with E-state index in [4.69, 9.17) is 24.9 Å². The number of hydrogen-bond acceptors (Lipinski definition) is 7. The van der Waals surface area contributed by atoms with Gasteiger partial charge in [0, 0.05) is 56.0 Å². The number of benzene rings is 1. The summed E-state index contributed by atoms with van der Waals surface area (Å²) in [6.07, 6.45) is 1.73. The van der Waals surface area contributed by atoms with Gasteiger partial charge in [-0.1, -0.05) is 6.92 Å². The lowest BCUT2D eigenvalue weighted by molar-refractivity contribution is -0.137. The number of methoxy groups -OCH3 is 2. The Hall–Kier alpha value is -2.58. The first-order chi connectivity index (χ1) is 15.5. The van der Waals surface area contributed by atoms with Crippen LogP contribution in [-0.4, -0.2) is 80.8 Å². The second-order valence-electron chi connectivity index (χ2n) is 8.78. The minimum Gasteiger partial charge on any atom is -0.493 e. The number of nitrogen functional groups attached to an aromatic ring is 1. The number of anilines is 1. The molecule has 2 fully saturated rings. The van der Waals surface area contributed by atoms with Crippen molar-refractivity contribution in [3.05, 3.63) is 23.9 Å². The highest BCUT2D eigenvalue weighted by molar-refractivity contribution is 5.86. The van der Waals surface area contributed by atoms with Crippen LogP contribution in [0.2, 0.25) is 0 Å². The Labute approximate surface area is 189 Å². The topological polar surface area (TPSA) is 90.2 Å². The number of fused-ring (bicyclic) bond motifs is 1. The fraction of sp³-hybridized carbons (Fsp3) is 0.583. The van der Waals surface area contributed by atoms with Crippen molar-refractivity contribution in [2.75, 3.05) is 65.9 Å². The van der Waals surface area contributed by atoms with Crippen molar-refractivity contribution in [3.8, 4) is 11.5 Å². The van der Waals surface area contributed by atoms with Gasteiger partial charge in [-0.2, -0.15) is 0 Å². The van der Waals surface area contributed by atoms with Crippen molar-refractivity contribution in [2.45, 2.75) is 25.7 Å². The first-order valence-corrected chi connectivity index (χ1v) is 11.4. The molecule has 1 amide bonds. The highest BCUT2D eigenvalue weighted by Gasteiger charge is 2.29. The van der Waals surface area contributed by atoms with Crippen LogP contribution in [0.5, 0.6) is 11.5 Å². The second kappa shape index (κ2) is 9.92. The molecule has 2 aromatic rings. The van der Waals surface area contributed by atoms with Crippen LogP contribution in [0.15, 0.2) is 18.2 Å². The third kappa shape index (κ3) is 4.76. The van der Waals surface area contributed by atoms with Crippen LogP contribution < -0.4 is 15.2 Å². The lowest BCUT2D eigenvalue weighted by Crippen LogP contribution is -2.46. The number of carbonyl (C=O) groups is 1. The van der Waals surface area contributed by atoms with E-state index in [9.17, 15) is 4.79 Å². The smallest absolute Gasteiger partial charge is 0.226 e. The molecule has 0 saturated carbocycles. The van der Waals surface area contributed by atoms with E-state index >= 15 is 0 Å². The molecule has 0 spiro atoms. The van der Waals surface area contributed by atoms with Crippen molar-refractivity contribution >= 4 is 22.5 Å². The van der Waals surface area contributed by atoms with Crippen LogP contribution >= 0.6 is 0 Å². The van der Waals surface area contributed by atoms with Crippen molar-refractivity contribution in [1.29, 1.82) is 0 Å². The van der Waals surface area contributed by atoms with E-state index in [-0.39, 0.29) is 17.7 Å². The van der Waals surface area contributed by atoms with Gasteiger partial charge in [-0.15, -0.1) is 0 Å². The SMILES string of the molecule is COc1cc2cc(N)c(C3CCN(C(=O)C(C)CN4CCOCC4)CC3)nc2cc1OC. The number of pyridine rings is 1. The largest absolute Gasteiger partial charge is 0.493 e. The number of ether oxygens (including phenoxy) is 3. The molecule has 2 saturated heterocycles. The quantitative estimate of drug-likeness (QED) is 0.735. The molecule has 1 unspecified atom stereocenters. The van der Waals surface area contributed by atoms with Gasteiger partial charge in [-0.05, 0) is 25.0 Å². The van der Waals surface area contributed by atoms with Crippen LogP contribution in [0.25, 0.3) is 10.9 Å². The Balaban J connectivity index is 1.42. The molecule has 174 valence electrons. The lowest BCUT2D eigenvalue weighted by atomic mass is 9.91. The molecule has 1 atom stereocenters. The van der Waals surface area contributed by atoms with Crippen molar-refractivity contribution in [3.63, 3.8) is 0 Å². The van der Waals surface area contributed by atoms with Crippen LogP contribution in [-0.2, 0) is 9.53 Å². The first kappa shape index (κ1) is 22.6. The van der Waals surface area contributed by atoms with Gasteiger partial charge in [0.25, 0.3) is 0 Å². The summed E-state index contributed by atoms with van der Waals surface area (Å²) in [7, 11) is 3.24. The number of nitrogens with two attached hydrogens (primary N) is 1. The van der Waals surface area contributed by atoms with E-state index in [1.165, 1.54) is 0 Å². The molecule has 8 nitrogen and oxygen atoms in total. The maximum Gasteiger partial charge on any atom is 0.226 e. The van der Waals surface area contributed by atoms with E-state index in [1.54, 1.807) is 14.2 Å². The number of nitrogens with zero attached hydrogens (tertiary/aromatic N) is 3. The van der Waals surface area contributed by atoms with E-state index in [1.807, 2.05) is 30.0 Å². The molecular formula is C24H34N4O4. The van der Waals surface area contributed by atoms with Gasteiger partial charge in [-0.25, -0.2) is 0 Å². The van der Waals surface area contributed by atoms with Gasteiger partial charge in [0.1, 0.15) is 0 Å². The predicted octanol–water partition coefficient (Wildman–Crippen LogP) is 2.51. The Kier molecular flexibility index (Phi) is 7.01. The van der Waals surface area contributed by atoms with Crippen LogP contribution in [0, 0.1) is 5.92 Å². The van der Waals surface area contributed by atoms with E-state index in [0.29, 0.717) is 17.2 Å². The fourth-order valence-corrected chi connectivity index (χ4v) is 4.79. The zero-order valence-corrected chi connectivity index (χ0v) is 19.3. The molecule has 0 bridgehead atoms. The molecule has 4 rings (SSSR count). The van der Waals surface area contributed by atoms with Gasteiger partial charge < -0.3 is 24.8 Å². The minimum absolute atomic E-state index is 0.00374. The van der Waals surface area contributed by atoms with Gasteiger partial charge >= 0.3 is 0 Å². The third-order valence-electron chi connectivity index (χ3n) is 6.63. The number of amides is 1. The number of aromatic nitrogens is 1. The molecule has 0 radical (unpaired) electrons. The number of rotatable bonds is 6. The molecule has 8 heteroatoms. The average Bonchev–Trinajstić information content (AvgIpc) is 2.83. The van der Waals surface area contributed by atoms with E-state index in [0.717, 1.165) is 75.4 Å². The van der Waals surface area contributed by atoms with Crippen molar-refractivity contribution < 1.29 is 19.0 Å². The van der Waals surface area contributed by atoms with E-state index in [2.05, 4.69) is 4.90 Å².